The van der Waals surface area contributed by atoms with Gasteiger partial charge in [-0.25, -0.2) is 0 Å². The van der Waals surface area contributed by atoms with E-state index in [1.807, 2.05) is 35.2 Å². The topological polar surface area (TPSA) is 59.0 Å². The van der Waals surface area contributed by atoms with E-state index in [2.05, 4.69) is 0 Å². The summed E-state index contributed by atoms with van der Waals surface area (Å²) in [5.41, 5.74) is 1.02. The molecule has 1 aromatic carbocycles. The number of carbonyl (C=O) groups is 1. The van der Waals surface area contributed by atoms with Crippen LogP contribution in [0.1, 0.15) is 5.56 Å². The zero-order valence-electron chi connectivity index (χ0n) is 11.2. The van der Waals surface area contributed by atoms with Crippen molar-refractivity contribution in [1.82, 2.24) is 4.90 Å². The van der Waals surface area contributed by atoms with Gasteiger partial charge in [-0.3, -0.25) is 9.69 Å². The first-order valence-corrected chi connectivity index (χ1v) is 6.21. The number of nitrogens with zero attached hydrogens (tertiary/aromatic N) is 1. The molecule has 1 fully saturated rings. The third-order valence-corrected chi connectivity index (χ3v) is 3.63. The molecule has 2 rings (SSSR count). The van der Waals surface area contributed by atoms with E-state index in [0.29, 0.717) is 19.5 Å². The van der Waals surface area contributed by atoms with Gasteiger partial charge in [-0.05, 0) is 12.0 Å². The number of likely N-dealkylation sites (tertiary alicyclic amines) is 1. The molecule has 1 aliphatic heterocycles. The van der Waals surface area contributed by atoms with Gasteiger partial charge in [-0.1, -0.05) is 30.3 Å². The average Bonchev–Trinajstić information content (AvgIpc) is 2.38. The van der Waals surface area contributed by atoms with E-state index in [4.69, 9.17) is 9.47 Å². The van der Waals surface area contributed by atoms with Crippen molar-refractivity contribution in [3.05, 3.63) is 35.9 Å². The largest absolute Gasteiger partial charge is 0.480 e. The van der Waals surface area contributed by atoms with Gasteiger partial charge < -0.3 is 14.6 Å². The maximum atomic E-state index is 11.4. The van der Waals surface area contributed by atoms with E-state index < -0.39 is 17.8 Å². The number of carboxylic acid groups (broad SMARTS) is 1. The lowest BCUT2D eigenvalue weighted by molar-refractivity contribution is -0.281. The lowest BCUT2D eigenvalue weighted by Gasteiger charge is -2.49. The minimum Gasteiger partial charge on any atom is -0.480 e. The van der Waals surface area contributed by atoms with Gasteiger partial charge in [0.15, 0.2) is 5.79 Å². The Balaban J connectivity index is 2.01. The van der Waals surface area contributed by atoms with Crippen LogP contribution >= 0.6 is 0 Å². The SMILES string of the molecule is COC1(OC)CN(C(Cc2ccccc2)C(=O)O)C1. The quantitative estimate of drug-likeness (QED) is 0.777. The van der Waals surface area contributed by atoms with Gasteiger partial charge in [0, 0.05) is 14.2 Å². The van der Waals surface area contributed by atoms with E-state index in [-0.39, 0.29) is 0 Å². The third-order valence-electron chi connectivity index (χ3n) is 3.63. The van der Waals surface area contributed by atoms with Crippen LogP contribution in [0, 0.1) is 0 Å². The Hall–Kier alpha value is -1.43. The van der Waals surface area contributed by atoms with Crippen LogP contribution in [0.15, 0.2) is 30.3 Å². The molecule has 5 nitrogen and oxygen atoms in total. The highest BCUT2D eigenvalue weighted by Crippen LogP contribution is 2.28. The fraction of sp³-hybridized carbons (Fsp3) is 0.500. The highest BCUT2D eigenvalue weighted by Gasteiger charge is 2.48. The standard InChI is InChI=1S/C14H19NO4/c1-18-14(19-2)9-15(10-14)12(13(16)17)8-11-6-4-3-5-7-11/h3-7,12H,8-10H2,1-2H3,(H,16,17). The van der Waals surface area contributed by atoms with Crippen molar-refractivity contribution in [1.29, 1.82) is 0 Å². The predicted octanol–water partition coefficient (Wildman–Crippen LogP) is 0.987. The maximum Gasteiger partial charge on any atom is 0.321 e. The molecule has 0 spiro atoms. The molecule has 1 atom stereocenters. The van der Waals surface area contributed by atoms with Crippen LogP contribution in [0.4, 0.5) is 0 Å². The Morgan fingerprint density at radius 2 is 1.89 bits per heavy atom. The molecule has 0 saturated carbocycles. The first kappa shape index (κ1) is 14.0. The molecule has 0 aliphatic carbocycles. The fourth-order valence-electron chi connectivity index (χ4n) is 2.34. The number of aliphatic carboxylic acids is 1. The highest BCUT2D eigenvalue weighted by molar-refractivity contribution is 5.74. The molecule has 0 amide bonds. The van der Waals surface area contributed by atoms with Crippen molar-refractivity contribution in [3.8, 4) is 0 Å². The van der Waals surface area contributed by atoms with Gasteiger partial charge in [0.05, 0.1) is 13.1 Å². The number of ether oxygens (including phenoxy) is 2. The van der Waals surface area contributed by atoms with E-state index in [1.54, 1.807) is 14.2 Å². The number of benzene rings is 1. The van der Waals surface area contributed by atoms with Gasteiger partial charge >= 0.3 is 5.97 Å². The molecule has 0 radical (unpaired) electrons. The summed E-state index contributed by atoms with van der Waals surface area (Å²) >= 11 is 0. The first-order valence-electron chi connectivity index (χ1n) is 6.21. The molecule has 0 aromatic heterocycles. The van der Waals surface area contributed by atoms with Crippen molar-refractivity contribution in [2.45, 2.75) is 18.2 Å². The Morgan fingerprint density at radius 3 is 2.37 bits per heavy atom. The van der Waals surface area contributed by atoms with Crippen LogP contribution in [-0.4, -0.2) is 55.1 Å². The van der Waals surface area contributed by atoms with Crippen molar-refractivity contribution >= 4 is 5.97 Å². The zero-order chi connectivity index (χ0) is 13.9. The summed E-state index contributed by atoms with van der Waals surface area (Å²) in [5.74, 6) is -1.46. The molecule has 1 saturated heterocycles. The van der Waals surface area contributed by atoms with Crippen LogP contribution in [0.2, 0.25) is 0 Å². The molecule has 104 valence electrons. The highest BCUT2D eigenvalue weighted by atomic mass is 16.7. The second kappa shape index (κ2) is 5.69. The number of hydrogen-bond acceptors (Lipinski definition) is 4. The Bertz CT molecular complexity index is 422. The van der Waals surface area contributed by atoms with Crippen LogP contribution in [0.3, 0.4) is 0 Å². The van der Waals surface area contributed by atoms with Gasteiger partial charge in [0.25, 0.3) is 0 Å². The molecule has 1 N–H and O–H groups in total. The first-order chi connectivity index (χ1) is 9.10. The van der Waals surface area contributed by atoms with Gasteiger partial charge in [0.2, 0.25) is 0 Å². The summed E-state index contributed by atoms with van der Waals surface area (Å²) in [6, 6.07) is 9.09. The minimum absolute atomic E-state index is 0.476. The van der Waals surface area contributed by atoms with Crippen molar-refractivity contribution in [2.24, 2.45) is 0 Å². The van der Waals surface area contributed by atoms with Crippen molar-refractivity contribution in [2.75, 3.05) is 27.3 Å². The van der Waals surface area contributed by atoms with Crippen molar-refractivity contribution in [3.63, 3.8) is 0 Å². The van der Waals surface area contributed by atoms with E-state index in [1.165, 1.54) is 0 Å². The van der Waals surface area contributed by atoms with E-state index in [9.17, 15) is 9.90 Å². The van der Waals surface area contributed by atoms with E-state index in [0.717, 1.165) is 5.56 Å². The Morgan fingerprint density at radius 1 is 1.32 bits per heavy atom. The predicted molar refractivity (Wildman–Crippen MR) is 69.9 cm³/mol. The number of hydrogen-bond donors (Lipinski definition) is 1. The van der Waals surface area contributed by atoms with Gasteiger partial charge in [0.1, 0.15) is 6.04 Å². The molecular formula is C14H19NO4. The fourth-order valence-corrected chi connectivity index (χ4v) is 2.34. The van der Waals surface area contributed by atoms with Crippen molar-refractivity contribution < 1.29 is 19.4 Å². The lowest BCUT2D eigenvalue weighted by Crippen LogP contribution is -2.68. The lowest BCUT2D eigenvalue weighted by atomic mass is 9.98. The zero-order valence-corrected chi connectivity index (χ0v) is 11.2. The molecule has 19 heavy (non-hydrogen) atoms. The third kappa shape index (κ3) is 2.94. The summed E-state index contributed by atoms with van der Waals surface area (Å²) in [5, 5.41) is 9.36. The summed E-state index contributed by atoms with van der Waals surface area (Å²) in [6.45, 7) is 0.952. The van der Waals surface area contributed by atoms with Gasteiger partial charge in [-0.2, -0.15) is 0 Å². The van der Waals surface area contributed by atoms with Crippen LogP contribution in [0.25, 0.3) is 0 Å². The Kier molecular flexibility index (Phi) is 4.19. The molecule has 1 aliphatic rings. The summed E-state index contributed by atoms with van der Waals surface area (Å²) < 4.78 is 10.6. The van der Waals surface area contributed by atoms with E-state index >= 15 is 0 Å². The van der Waals surface area contributed by atoms with Crippen LogP contribution in [-0.2, 0) is 20.7 Å². The summed E-state index contributed by atoms with van der Waals surface area (Å²) in [6.07, 6.45) is 0.486. The molecule has 1 aromatic rings. The molecule has 5 heteroatoms. The second-order valence-electron chi connectivity index (χ2n) is 4.77. The molecule has 0 bridgehead atoms. The maximum absolute atomic E-state index is 11.4. The second-order valence-corrected chi connectivity index (χ2v) is 4.77. The molecular weight excluding hydrogens is 246 g/mol. The monoisotopic (exact) mass is 265 g/mol. The number of rotatable bonds is 6. The number of carboxylic acids is 1. The smallest absolute Gasteiger partial charge is 0.321 e. The number of methoxy groups -OCH3 is 2. The van der Waals surface area contributed by atoms with Crippen LogP contribution < -0.4 is 0 Å². The Labute approximate surface area is 112 Å². The average molecular weight is 265 g/mol. The molecule has 1 heterocycles. The normalized spacial score (nSPS) is 19.7. The summed E-state index contributed by atoms with van der Waals surface area (Å²) in [7, 11) is 3.15. The van der Waals surface area contributed by atoms with Gasteiger partial charge in [-0.15, -0.1) is 0 Å². The molecule has 1 unspecified atom stereocenters. The summed E-state index contributed by atoms with van der Waals surface area (Å²) in [4.78, 5) is 13.3. The minimum atomic E-state index is -0.815. The van der Waals surface area contributed by atoms with Crippen LogP contribution in [0.5, 0.6) is 0 Å².